The third-order valence-electron chi connectivity index (χ3n) is 2.63. The van der Waals surface area contributed by atoms with Crippen molar-refractivity contribution in [2.24, 2.45) is 5.41 Å². The van der Waals surface area contributed by atoms with Gasteiger partial charge in [0.25, 0.3) is 0 Å². The summed E-state index contributed by atoms with van der Waals surface area (Å²) in [6.07, 6.45) is 0. The zero-order chi connectivity index (χ0) is 14.1. The molecule has 3 nitrogen and oxygen atoms in total. The smallest absolute Gasteiger partial charge is 0.123 e. The number of hydrogen-bond acceptors (Lipinski definition) is 3. The number of benzene rings is 1. The Kier molecular flexibility index (Phi) is 6.89. The molecule has 0 fully saturated rings. The lowest BCUT2D eigenvalue weighted by Crippen LogP contribution is -2.26. The fourth-order valence-electron chi connectivity index (χ4n) is 1.72. The van der Waals surface area contributed by atoms with Gasteiger partial charge in [-0.15, -0.1) is 0 Å². The summed E-state index contributed by atoms with van der Waals surface area (Å²) in [5, 5.41) is 3.47. The number of hydrogen-bond donors (Lipinski definition) is 1. The molecule has 0 heterocycles. The lowest BCUT2D eigenvalue weighted by atomic mass is 9.97. The molecule has 19 heavy (non-hydrogen) atoms. The highest BCUT2D eigenvalue weighted by molar-refractivity contribution is 5.33. The van der Waals surface area contributed by atoms with E-state index >= 15 is 0 Å². The van der Waals surface area contributed by atoms with Crippen molar-refractivity contribution >= 4 is 0 Å². The minimum atomic E-state index is 0.296. The van der Waals surface area contributed by atoms with Crippen molar-refractivity contribution in [2.45, 2.75) is 34.2 Å². The fraction of sp³-hybridized carbons (Fsp3) is 0.625. The van der Waals surface area contributed by atoms with Crippen LogP contribution < -0.4 is 10.1 Å². The van der Waals surface area contributed by atoms with E-state index in [1.54, 1.807) is 0 Å². The second-order valence-corrected chi connectivity index (χ2v) is 5.82. The number of rotatable bonds is 8. The van der Waals surface area contributed by atoms with Crippen LogP contribution in [0.5, 0.6) is 5.75 Å². The van der Waals surface area contributed by atoms with Crippen LogP contribution in [0.25, 0.3) is 0 Å². The van der Waals surface area contributed by atoms with E-state index in [-0.39, 0.29) is 0 Å². The van der Waals surface area contributed by atoms with Gasteiger partial charge in [-0.2, -0.15) is 0 Å². The quantitative estimate of drug-likeness (QED) is 0.732. The molecule has 0 aromatic heterocycles. The molecule has 0 amide bonds. The topological polar surface area (TPSA) is 30.5 Å². The highest BCUT2D eigenvalue weighted by Gasteiger charge is 2.10. The first kappa shape index (κ1) is 16.0. The molecule has 1 N–H and O–H groups in total. The van der Waals surface area contributed by atoms with E-state index in [4.69, 9.17) is 9.47 Å². The molecule has 3 heteroatoms. The van der Waals surface area contributed by atoms with Crippen LogP contribution in [-0.4, -0.2) is 26.4 Å². The van der Waals surface area contributed by atoms with Crippen molar-refractivity contribution in [1.82, 2.24) is 5.32 Å². The Bertz CT molecular complexity index is 358. The Balaban J connectivity index is 2.44. The van der Waals surface area contributed by atoms with Gasteiger partial charge < -0.3 is 14.8 Å². The third kappa shape index (κ3) is 7.19. The molecule has 0 saturated heterocycles. The molecule has 0 atom stereocenters. The van der Waals surface area contributed by atoms with Crippen molar-refractivity contribution < 1.29 is 9.47 Å². The van der Waals surface area contributed by atoms with Crippen LogP contribution in [-0.2, 0) is 11.3 Å². The zero-order valence-electron chi connectivity index (χ0n) is 12.7. The van der Waals surface area contributed by atoms with E-state index in [1.807, 2.05) is 25.1 Å². The normalized spacial score (nSPS) is 11.6. The molecule has 0 unspecified atom stereocenters. The van der Waals surface area contributed by atoms with E-state index in [1.165, 1.54) is 5.56 Å². The van der Waals surface area contributed by atoms with Crippen LogP contribution >= 0.6 is 0 Å². The SMILES string of the molecule is CCOCCOc1ccccc1CNCC(C)(C)C. The standard InChI is InChI=1S/C16H27NO2/c1-5-18-10-11-19-15-9-7-6-8-14(15)12-17-13-16(2,3)4/h6-9,17H,5,10-13H2,1-4H3. The molecule has 0 aliphatic carbocycles. The fourth-order valence-corrected chi connectivity index (χ4v) is 1.72. The summed E-state index contributed by atoms with van der Waals surface area (Å²) in [7, 11) is 0. The van der Waals surface area contributed by atoms with Crippen LogP contribution in [0, 0.1) is 5.41 Å². The second-order valence-electron chi connectivity index (χ2n) is 5.82. The van der Waals surface area contributed by atoms with Crippen molar-refractivity contribution in [1.29, 1.82) is 0 Å². The van der Waals surface area contributed by atoms with E-state index in [0.29, 0.717) is 18.6 Å². The molecule has 0 spiro atoms. The summed E-state index contributed by atoms with van der Waals surface area (Å²) in [5.74, 6) is 0.948. The van der Waals surface area contributed by atoms with Crippen LogP contribution in [0.2, 0.25) is 0 Å². The molecule has 0 aliphatic rings. The predicted octanol–water partition coefficient (Wildman–Crippen LogP) is 3.24. The summed E-state index contributed by atoms with van der Waals surface area (Å²) in [5.41, 5.74) is 1.49. The number of nitrogens with one attached hydrogen (secondary N) is 1. The average Bonchev–Trinajstić information content (AvgIpc) is 2.35. The largest absolute Gasteiger partial charge is 0.491 e. The van der Waals surface area contributed by atoms with Gasteiger partial charge in [0.05, 0.1) is 6.61 Å². The lowest BCUT2D eigenvalue weighted by Gasteiger charge is -2.19. The predicted molar refractivity (Wildman–Crippen MR) is 79.6 cm³/mol. The van der Waals surface area contributed by atoms with Crippen LogP contribution in [0.4, 0.5) is 0 Å². The Labute approximate surface area is 117 Å². The zero-order valence-corrected chi connectivity index (χ0v) is 12.7. The van der Waals surface area contributed by atoms with Gasteiger partial charge in [-0.05, 0) is 18.4 Å². The van der Waals surface area contributed by atoms with Gasteiger partial charge in [0, 0.05) is 25.3 Å². The van der Waals surface area contributed by atoms with E-state index < -0.39 is 0 Å². The van der Waals surface area contributed by atoms with Gasteiger partial charge in [-0.1, -0.05) is 39.0 Å². The maximum Gasteiger partial charge on any atom is 0.123 e. The van der Waals surface area contributed by atoms with Crippen molar-refractivity contribution in [3.8, 4) is 5.75 Å². The average molecular weight is 265 g/mol. The van der Waals surface area contributed by atoms with Crippen LogP contribution in [0.3, 0.4) is 0 Å². The summed E-state index contributed by atoms with van der Waals surface area (Å²) in [6.45, 7) is 12.5. The first-order chi connectivity index (χ1) is 9.03. The van der Waals surface area contributed by atoms with Gasteiger partial charge in [-0.25, -0.2) is 0 Å². The van der Waals surface area contributed by atoms with Crippen molar-refractivity contribution in [2.75, 3.05) is 26.4 Å². The van der Waals surface area contributed by atoms with Crippen molar-refractivity contribution in [3.63, 3.8) is 0 Å². The minimum absolute atomic E-state index is 0.296. The van der Waals surface area contributed by atoms with Gasteiger partial charge in [-0.3, -0.25) is 0 Å². The highest BCUT2D eigenvalue weighted by atomic mass is 16.5. The van der Waals surface area contributed by atoms with Gasteiger partial charge in [0.15, 0.2) is 0 Å². The third-order valence-corrected chi connectivity index (χ3v) is 2.63. The molecule has 108 valence electrons. The minimum Gasteiger partial charge on any atom is -0.491 e. The number of para-hydroxylation sites is 1. The Morgan fingerprint density at radius 2 is 1.84 bits per heavy atom. The van der Waals surface area contributed by atoms with Gasteiger partial charge in [0.2, 0.25) is 0 Å². The van der Waals surface area contributed by atoms with Crippen LogP contribution in [0.15, 0.2) is 24.3 Å². The van der Waals surface area contributed by atoms with Gasteiger partial charge in [0.1, 0.15) is 12.4 Å². The molecule has 0 bridgehead atoms. The second kappa shape index (κ2) is 8.18. The lowest BCUT2D eigenvalue weighted by molar-refractivity contribution is 0.110. The Morgan fingerprint density at radius 3 is 2.53 bits per heavy atom. The summed E-state index contributed by atoms with van der Waals surface area (Å²) >= 11 is 0. The molecule has 1 rings (SSSR count). The molecule has 0 saturated carbocycles. The van der Waals surface area contributed by atoms with E-state index in [2.05, 4.69) is 32.2 Å². The van der Waals surface area contributed by atoms with E-state index in [0.717, 1.165) is 25.4 Å². The molecule has 0 radical (unpaired) electrons. The highest BCUT2D eigenvalue weighted by Crippen LogP contribution is 2.18. The first-order valence-electron chi connectivity index (χ1n) is 7.02. The monoisotopic (exact) mass is 265 g/mol. The number of ether oxygens (including phenoxy) is 2. The molecule has 1 aromatic rings. The summed E-state index contributed by atoms with van der Waals surface area (Å²) < 4.78 is 11.0. The summed E-state index contributed by atoms with van der Waals surface area (Å²) in [6, 6.07) is 8.17. The molecule has 1 aromatic carbocycles. The first-order valence-corrected chi connectivity index (χ1v) is 7.02. The van der Waals surface area contributed by atoms with Crippen molar-refractivity contribution in [3.05, 3.63) is 29.8 Å². The maximum atomic E-state index is 5.76. The Morgan fingerprint density at radius 1 is 1.11 bits per heavy atom. The Hall–Kier alpha value is -1.06. The van der Waals surface area contributed by atoms with Crippen LogP contribution in [0.1, 0.15) is 33.3 Å². The van der Waals surface area contributed by atoms with Gasteiger partial charge >= 0.3 is 0 Å². The summed E-state index contributed by atoms with van der Waals surface area (Å²) in [4.78, 5) is 0. The maximum absolute atomic E-state index is 5.76. The molecular weight excluding hydrogens is 238 g/mol. The molecular formula is C16H27NO2. The van der Waals surface area contributed by atoms with E-state index in [9.17, 15) is 0 Å². The molecule has 0 aliphatic heterocycles.